The summed E-state index contributed by atoms with van der Waals surface area (Å²) in [5, 5.41) is 11.2. The van der Waals surface area contributed by atoms with Crippen LogP contribution in [-0.4, -0.2) is 11.0 Å². The summed E-state index contributed by atoms with van der Waals surface area (Å²) >= 11 is 5.71. The molecule has 1 aromatic carbocycles. The molecule has 0 aliphatic heterocycles. The van der Waals surface area contributed by atoms with Crippen LogP contribution in [0.2, 0.25) is 5.02 Å². The standard InChI is InChI=1S/C10H6ClNO3/c11-5-1-2-8-6(3-5)9(13)7(4-12-8)10(14)15/h1-4H,(H,12,13)(H,14,15)/p-1. The smallest absolute Gasteiger partial charge is 0.198 e. The summed E-state index contributed by atoms with van der Waals surface area (Å²) in [6, 6.07) is 4.64. The van der Waals surface area contributed by atoms with Gasteiger partial charge < -0.3 is 14.9 Å². The van der Waals surface area contributed by atoms with E-state index in [1.807, 2.05) is 0 Å². The zero-order valence-electron chi connectivity index (χ0n) is 7.41. The van der Waals surface area contributed by atoms with Crippen molar-refractivity contribution < 1.29 is 9.90 Å². The number of carbonyl (C=O) groups is 1. The number of rotatable bonds is 1. The third-order valence-electron chi connectivity index (χ3n) is 2.06. The third-order valence-corrected chi connectivity index (χ3v) is 2.30. The van der Waals surface area contributed by atoms with Crippen molar-refractivity contribution >= 4 is 28.5 Å². The molecule has 0 radical (unpaired) electrons. The Hall–Kier alpha value is -1.81. The Labute approximate surface area is 89.1 Å². The van der Waals surface area contributed by atoms with E-state index in [2.05, 4.69) is 4.98 Å². The molecule has 0 aliphatic carbocycles. The number of hydrogen-bond donors (Lipinski definition) is 1. The van der Waals surface area contributed by atoms with E-state index in [-0.39, 0.29) is 5.39 Å². The van der Waals surface area contributed by atoms with Crippen LogP contribution in [0.1, 0.15) is 10.4 Å². The third kappa shape index (κ3) is 1.59. The zero-order valence-corrected chi connectivity index (χ0v) is 8.17. The van der Waals surface area contributed by atoms with E-state index in [1.54, 1.807) is 12.1 Å². The van der Waals surface area contributed by atoms with Gasteiger partial charge >= 0.3 is 0 Å². The highest BCUT2D eigenvalue weighted by atomic mass is 35.5. The lowest BCUT2D eigenvalue weighted by Crippen LogP contribution is -2.29. The van der Waals surface area contributed by atoms with Crippen molar-refractivity contribution in [1.82, 2.24) is 4.98 Å². The van der Waals surface area contributed by atoms with Gasteiger partial charge in [-0.1, -0.05) is 11.6 Å². The average molecular weight is 223 g/mol. The summed E-state index contributed by atoms with van der Waals surface area (Å²) in [5.74, 6) is -1.50. The van der Waals surface area contributed by atoms with Crippen LogP contribution in [0.3, 0.4) is 0 Å². The molecule has 0 aliphatic rings. The maximum absolute atomic E-state index is 11.6. The topological polar surface area (TPSA) is 73.0 Å². The van der Waals surface area contributed by atoms with Crippen LogP contribution < -0.4 is 10.5 Å². The number of hydrogen-bond acceptors (Lipinski definition) is 3. The summed E-state index contributed by atoms with van der Waals surface area (Å²) in [6.07, 6.45) is 1.12. The average Bonchev–Trinajstić information content (AvgIpc) is 2.19. The van der Waals surface area contributed by atoms with Gasteiger partial charge in [0.2, 0.25) is 0 Å². The van der Waals surface area contributed by atoms with Gasteiger partial charge in [0.1, 0.15) is 0 Å². The highest BCUT2D eigenvalue weighted by molar-refractivity contribution is 6.31. The van der Waals surface area contributed by atoms with Crippen LogP contribution in [0.4, 0.5) is 0 Å². The Morgan fingerprint density at radius 3 is 2.80 bits per heavy atom. The summed E-state index contributed by atoms with van der Waals surface area (Å²) in [4.78, 5) is 24.9. The molecule has 0 atom stereocenters. The number of aromatic amines is 1. The molecule has 4 nitrogen and oxygen atoms in total. The van der Waals surface area contributed by atoms with E-state index < -0.39 is 17.0 Å². The highest BCUT2D eigenvalue weighted by Gasteiger charge is 2.05. The van der Waals surface area contributed by atoms with Crippen molar-refractivity contribution in [3.05, 3.63) is 45.2 Å². The number of aromatic nitrogens is 1. The van der Waals surface area contributed by atoms with Gasteiger partial charge in [-0.25, -0.2) is 0 Å². The largest absolute Gasteiger partial charge is 0.545 e. The normalized spacial score (nSPS) is 10.5. The molecule has 0 saturated carbocycles. The van der Waals surface area contributed by atoms with Crippen LogP contribution in [0.5, 0.6) is 0 Å². The second kappa shape index (κ2) is 3.40. The molecule has 1 heterocycles. The van der Waals surface area contributed by atoms with Gasteiger partial charge in [0.25, 0.3) is 0 Å². The van der Waals surface area contributed by atoms with Gasteiger partial charge in [-0.05, 0) is 18.2 Å². The molecule has 0 spiro atoms. The molecule has 0 fully saturated rings. The maximum atomic E-state index is 11.6. The summed E-state index contributed by atoms with van der Waals surface area (Å²) in [7, 11) is 0. The maximum Gasteiger partial charge on any atom is 0.198 e. The van der Waals surface area contributed by atoms with Crippen LogP contribution in [0.25, 0.3) is 10.9 Å². The zero-order chi connectivity index (χ0) is 11.0. The van der Waals surface area contributed by atoms with E-state index in [0.29, 0.717) is 10.5 Å². The molecule has 0 unspecified atom stereocenters. The first-order valence-corrected chi connectivity index (χ1v) is 4.49. The number of carbonyl (C=O) groups excluding carboxylic acids is 1. The predicted molar refractivity (Wildman–Crippen MR) is 53.9 cm³/mol. The van der Waals surface area contributed by atoms with Crippen LogP contribution in [0.15, 0.2) is 29.2 Å². The lowest BCUT2D eigenvalue weighted by atomic mass is 10.1. The number of H-pyrrole nitrogens is 1. The predicted octanol–water partition coefficient (Wildman–Crippen LogP) is 0.545. The first-order valence-electron chi connectivity index (χ1n) is 4.12. The molecule has 2 aromatic rings. The SMILES string of the molecule is O=C([O-])c1c[nH]c2ccc(Cl)cc2c1=O. The second-order valence-electron chi connectivity index (χ2n) is 3.01. The van der Waals surface area contributed by atoms with Crippen molar-refractivity contribution in [2.75, 3.05) is 0 Å². The lowest BCUT2D eigenvalue weighted by molar-refractivity contribution is -0.255. The number of benzene rings is 1. The fourth-order valence-corrected chi connectivity index (χ4v) is 1.51. The molecular weight excluding hydrogens is 218 g/mol. The fraction of sp³-hybridized carbons (Fsp3) is 0. The molecule has 0 amide bonds. The second-order valence-corrected chi connectivity index (χ2v) is 3.45. The van der Waals surface area contributed by atoms with E-state index in [4.69, 9.17) is 11.6 Å². The van der Waals surface area contributed by atoms with Gasteiger partial charge in [-0.15, -0.1) is 0 Å². The van der Waals surface area contributed by atoms with Gasteiger partial charge in [0, 0.05) is 22.1 Å². The highest BCUT2D eigenvalue weighted by Crippen LogP contribution is 2.14. The number of carboxylic acids is 1. The minimum Gasteiger partial charge on any atom is -0.545 e. The molecule has 0 bridgehead atoms. The number of nitrogens with one attached hydrogen (secondary N) is 1. The van der Waals surface area contributed by atoms with Crippen molar-refractivity contribution in [1.29, 1.82) is 0 Å². The van der Waals surface area contributed by atoms with E-state index in [9.17, 15) is 14.7 Å². The summed E-state index contributed by atoms with van der Waals surface area (Å²) < 4.78 is 0. The van der Waals surface area contributed by atoms with Crippen molar-refractivity contribution in [3.63, 3.8) is 0 Å². The van der Waals surface area contributed by atoms with Gasteiger partial charge in [0.15, 0.2) is 5.43 Å². The number of fused-ring (bicyclic) bond motifs is 1. The van der Waals surface area contributed by atoms with Crippen LogP contribution >= 0.6 is 11.6 Å². The van der Waals surface area contributed by atoms with Gasteiger partial charge in [0.05, 0.1) is 11.5 Å². The van der Waals surface area contributed by atoms with Crippen LogP contribution in [-0.2, 0) is 0 Å². The Morgan fingerprint density at radius 2 is 2.13 bits per heavy atom. The molecule has 5 heteroatoms. The van der Waals surface area contributed by atoms with E-state index in [0.717, 1.165) is 6.20 Å². The molecule has 1 N–H and O–H groups in total. The Kier molecular flexibility index (Phi) is 2.21. The molecule has 76 valence electrons. The quantitative estimate of drug-likeness (QED) is 0.766. The number of aromatic carboxylic acids is 1. The monoisotopic (exact) mass is 222 g/mol. The number of carboxylic acid groups (broad SMARTS) is 1. The number of pyridine rings is 1. The first-order chi connectivity index (χ1) is 7.09. The lowest BCUT2D eigenvalue weighted by Gasteiger charge is -2.03. The van der Waals surface area contributed by atoms with Crippen molar-refractivity contribution in [3.8, 4) is 0 Å². The summed E-state index contributed by atoms with van der Waals surface area (Å²) in [5.41, 5.74) is -0.453. The van der Waals surface area contributed by atoms with E-state index >= 15 is 0 Å². The van der Waals surface area contributed by atoms with E-state index in [1.165, 1.54) is 6.07 Å². The Balaban J connectivity index is 2.89. The fourth-order valence-electron chi connectivity index (χ4n) is 1.34. The minimum absolute atomic E-state index is 0.240. The first kappa shape index (κ1) is 9.73. The minimum atomic E-state index is -1.50. The van der Waals surface area contributed by atoms with Crippen LogP contribution in [0, 0.1) is 0 Å². The van der Waals surface area contributed by atoms with Gasteiger partial charge in [-0.2, -0.15) is 0 Å². The molecular formula is C10H5ClNO3-. The molecule has 2 rings (SSSR count). The van der Waals surface area contributed by atoms with Crippen molar-refractivity contribution in [2.24, 2.45) is 0 Å². The van der Waals surface area contributed by atoms with Gasteiger partial charge in [-0.3, -0.25) is 4.79 Å². The Morgan fingerprint density at radius 1 is 1.40 bits per heavy atom. The van der Waals surface area contributed by atoms with Crippen molar-refractivity contribution in [2.45, 2.75) is 0 Å². The molecule has 0 saturated heterocycles. The molecule has 1 aromatic heterocycles. The Bertz CT molecular complexity index is 603. The molecule has 15 heavy (non-hydrogen) atoms. The summed E-state index contributed by atoms with van der Waals surface area (Å²) in [6.45, 7) is 0. The number of halogens is 1.